The molecule has 1 fully saturated rings. The maximum absolute atomic E-state index is 8.98. The number of rotatable bonds is 1. The smallest absolute Gasteiger partial charge is 0.0464 e. The number of fused-ring (bicyclic) bond motifs is 1. The van der Waals surface area contributed by atoms with Crippen LogP contribution >= 0.6 is 0 Å². The van der Waals surface area contributed by atoms with Crippen LogP contribution in [0, 0.1) is 29.6 Å². The highest BCUT2D eigenvalue weighted by Gasteiger charge is 2.47. The summed E-state index contributed by atoms with van der Waals surface area (Å²) >= 11 is 0. The van der Waals surface area contributed by atoms with Gasteiger partial charge in [-0.2, -0.15) is 0 Å². The van der Waals surface area contributed by atoms with Crippen molar-refractivity contribution in [3.63, 3.8) is 0 Å². The Morgan fingerprint density at radius 3 is 2.09 bits per heavy atom. The number of aliphatic hydroxyl groups is 1. The minimum absolute atomic E-state index is 0.398. The first-order valence-corrected chi connectivity index (χ1v) is 4.50. The van der Waals surface area contributed by atoms with Gasteiger partial charge in [-0.25, -0.2) is 0 Å². The second-order valence-electron chi connectivity index (χ2n) is 3.61. The Balaban J connectivity index is 1.93. The lowest BCUT2D eigenvalue weighted by molar-refractivity contribution is 0.262. The number of hydrogen-bond donors (Lipinski definition) is 1. The molecular formula is C10H14O. The van der Waals surface area contributed by atoms with Gasteiger partial charge in [0.05, 0.1) is 0 Å². The van der Waals surface area contributed by atoms with Gasteiger partial charge in [0.15, 0.2) is 0 Å². The van der Waals surface area contributed by atoms with E-state index in [1.807, 2.05) is 0 Å². The van der Waals surface area contributed by atoms with Crippen LogP contribution in [-0.4, -0.2) is 11.7 Å². The van der Waals surface area contributed by atoms with Crippen LogP contribution in [0.2, 0.25) is 0 Å². The average molecular weight is 150 g/mol. The van der Waals surface area contributed by atoms with Gasteiger partial charge in [-0.1, -0.05) is 0 Å². The minimum atomic E-state index is 0.398. The summed E-state index contributed by atoms with van der Waals surface area (Å²) in [6.45, 7) is 0.398. The fraction of sp³-hybridized carbons (Fsp3) is 0.800. The Morgan fingerprint density at radius 2 is 1.64 bits per heavy atom. The Bertz CT molecular complexity index is 181. The summed E-state index contributed by atoms with van der Waals surface area (Å²) in [5.41, 5.74) is 0. The molecule has 0 aromatic carbocycles. The highest BCUT2D eigenvalue weighted by molar-refractivity contribution is 5.07. The predicted octanol–water partition coefficient (Wildman–Crippen LogP) is 1.42. The van der Waals surface area contributed by atoms with E-state index in [1.54, 1.807) is 0 Å². The molecule has 2 unspecified atom stereocenters. The molecule has 0 bridgehead atoms. The third-order valence-electron chi connectivity index (χ3n) is 3.05. The van der Waals surface area contributed by atoms with Gasteiger partial charge >= 0.3 is 0 Å². The van der Waals surface area contributed by atoms with E-state index in [1.165, 1.54) is 12.8 Å². The van der Waals surface area contributed by atoms with Crippen molar-refractivity contribution in [1.82, 2.24) is 0 Å². The number of hydrogen-bond acceptors (Lipinski definition) is 1. The first-order valence-electron chi connectivity index (χ1n) is 4.50. The summed E-state index contributed by atoms with van der Waals surface area (Å²) in [7, 11) is 0. The topological polar surface area (TPSA) is 20.2 Å². The molecule has 1 heteroatoms. The Kier molecular flexibility index (Phi) is 1.87. The van der Waals surface area contributed by atoms with Crippen molar-refractivity contribution in [3.05, 3.63) is 0 Å². The third-order valence-corrected chi connectivity index (χ3v) is 3.05. The molecule has 0 saturated heterocycles. The van der Waals surface area contributed by atoms with Crippen LogP contribution in [0.5, 0.6) is 0 Å². The molecule has 3 atom stereocenters. The molecule has 11 heavy (non-hydrogen) atoms. The molecule has 0 aliphatic heterocycles. The lowest BCUT2D eigenvalue weighted by Gasteiger charge is -1.96. The van der Waals surface area contributed by atoms with Crippen LogP contribution in [-0.2, 0) is 0 Å². The van der Waals surface area contributed by atoms with Crippen LogP contribution < -0.4 is 0 Å². The standard InChI is InChI=1S/C10H14O/c11-7-10-8-5-3-1-2-4-6-9(8)10/h8-11H,3-7H2/t8-,9?,10?/m0/s1. The van der Waals surface area contributed by atoms with Crippen molar-refractivity contribution in [3.8, 4) is 11.8 Å². The quantitative estimate of drug-likeness (QED) is 0.560. The van der Waals surface area contributed by atoms with Crippen LogP contribution in [0.15, 0.2) is 0 Å². The van der Waals surface area contributed by atoms with Gasteiger partial charge in [-0.3, -0.25) is 0 Å². The van der Waals surface area contributed by atoms with Crippen molar-refractivity contribution in [2.24, 2.45) is 17.8 Å². The molecule has 0 spiro atoms. The SMILES string of the molecule is OCC1C2CCC#CCC[C@H]12. The number of aliphatic hydroxyl groups excluding tert-OH is 1. The van der Waals surface area contributed by atoms with Crippen molar-refractivity contribution in [2.75, 3.05) is 6.61 Å². The zero-order chi connectivity index (χ0) is 7.68. The average Bonchev–Trinajstić information content (AvgIpc) is 2.60. The molecule has 0 aromatic heterocycles. The van der Waals surface area contributed by atoms with E-state index in [2.05, 4.69) is 11.8 Å². The summed E-state index contributed by atoms with van der Waals surface area (Å²) in [4.78, 5) is 0. The zero-order valence-electron chi connectivity index (χ0n) is 6.71. The van der Waals surface area contributed by atoms with E-state index >= 15 is 0 Å². The molecule has 0 heterocycles. The first-order chi connectivity index (χ1) is 5.43. The summed E-state index contributed by atoms with van der Waals surface area (Å²) in [6.07, 6.45) is 4.56. The molecular weight excluding hydrogens is 136 g/mol. The summed E-state index contributed by atoms with van der Waals surface area (Å²) in [6, 6.07) is 0. The van der Waals surface area contributed by atoms with Gasteiger partial charge in [0.1, 0.15) is 0 Å². The molecule has 0 amide bonds. The van der Waals surface area contributed by atoms with Crippen molar-refractivity contribution >= 4 is 0 Å². The van der Waals surface area contributed by atoms with Crippen LogP contribution in [0.3, 0.4) is 0 Å². The van der Waals surface area contributed by atoms with Crippen molar-refractivity contribution < 1.29 is 5.11 Å². The molecule has 60 valence electrons. The second-order valence-corrected chi connectivity index (χ2v) is 3.61. The molecule has 2 rings (SSSR count). The van der Waals surface area contributed by atoms with Gasteiger partial charge in [-0.15, -0.1) is 11.8 Å². The highest BCUT2D eigenvalue weighted by atomic mass is 16.3. The Morgan fingerprint density at radius 1 is 1.09 bits per heavy atom. The first kappa shape index (κ1) is 7.18. The molecule has 1 nitrogen and oxygen atoms in total. The fourth-order valence-corrected chi connectivity index (χ4v) is 2.31. The van der Waals surface area contributed by atoms with E-state index in [-0.39, 0.29) is 0 Å². The normalized spacial score (nSPS) is 41.0. The maximum atomic E-state index is 8.98. The largest absolute Gasteiger partial charge is 0.396 e. The molecule has 2 aliphatic carbocycles. The maximum Gasteiger partial charge on any atom is 0.0464 e. The third kappa shape index (κ3) is 1.28. The molecule has 1 saturated carbocycles. The van der Waals surface area contributed by atoms with Crippen LogP contribution in [0.4, 0.5) is 0 Å². The Labute approximate surface area is 67.8 Å². The van der Waals surface area contributed by atoms with E-state index in [0.717, 1.165) is 24.7 Å². The molecule has 0 radical (unpaired) electrons. The van der Waals surface area contributed by atoms with Gasteiger partial charge in [0.2, 0.25) is 0 Å². The van der Waals surface area contributed by atoms with Gasteiger partial charge in [0, 0.05) is 19.4 Å². The van der Waals surface area contributed by atoms with Crippen molar-refractivity contribution in [1.29, 1.82) is 0 Å². The lowest BCUT2D eigenvalue weighted by Crippen LogP contribution is -1.88. The molecule has 0 aromatic rings. The van der Waals surface area contributed by atoms with Gasteiger partial charge in [-0.05, 0) is 30.6 Å². The molecule has 2 aliphatic rings. The monoisotopic (exact) mass is 150 g/mol. The highest BCUT2D eigenvalue weighted by Crippen LogP contribution is 2.51. The van der Waals surface area contributed by atoms with E-state index in [0.29, 0.717) is 12.5 Å². The van der Waals surface area contributed by atoms with Gasteiger partial charge in [0.25, 0.3) is 0 Å². The van der Waals surface area contributed by atoms with Crippen molar-refractivity contribution in [2.45, 2.75) is 25.7 Å². The minimum Gasteiger partial charge on any atom is -0.396 e. The predicted molar refractivity (Wildman–Crippen MR) is 43.8 cm³/mol. The van der Waals surface area contributed by atoms with Crippen LogP contribution in [0.1, 0.15) is 25.7 Å². The van der Waals surface area contributed by atoms with Gasteiger partial charge < -0.3 is 5.11 Å². The summed E-state index contributed by atoms with van der Waals surface area (Å²) in [5.74, 6) is 8.57. The summed E-state index contributed by atoms with van der Waals surface area (Å²) < 4.78 is 0. The fourth-order valence-electron chi connectivity index (χ4n) is 2.31. The second kappa shape index (κ2) is 2.87. The summed E-state index contributed by atoms with van der Waals surface area (Å²) in [5, 5.41) is 8.98. The van der Waals surface area contributed by atoms with E-state index < -0.39 is 0 Å². The lowest BCUT2D eigenvalue weighted by atomic mass is 10.1. The van der Waals surface area contributed by atoms with E-state index in [9.17, 15) is 0 Å². The van der Waals surface area contributed by atoms with E-state index in [4.69, 9.17) is 5.11 Å². The zero-order valence-corrected chi connectivity index (χ0v) is 6.71. The van der Waals surface area contributed by atoms with Crippen LogP contribution in [0.25, 0.3) is 0 Å². The Hall–Kier alpha value is -0.480. The molecule has 1 N–H and O–H groups in total.